The molecule has 2 aromatic heterocycles. The molecule has 0 aliphatic rings. The summed E-state index contributed by atoms with van der Waals surface area (Å²) in [6.45, 7) is 3.30. The van der Waals surface area contributed by atoms with E-state index in [0.29, 0.717) is 16.5 Å². The third-order valence-corrected chi connectivity index (χ3v) is 4.34. The van der Waals surface area contributed by atoms with Crippen LogP contribution >= 0.6 is 11.6 Å². The fraction of sp³-hybridized carbons (Fsp3) is 0.222. The molecule has 0 bridgehead atoms. The number of hydrogen-bond acceptors (Lipinski definition) is 5. The summed E-state index contributed by atoms with van der Waals surface area (Å²) in [7, 11) is 0. The van der Waals surface area contributed by atoms with Crippen molar-refractivity contribution in [1.82, 2.24) is 15.2 Å². The maximum Gasteiger partial charge on any atom is 0.418 e. The van der Waals surface area contributed by atoms with Gasteiger partial charge in [-0.2, -0.15) is 23.5 Å². The molecule has 0 unspecified atom stereocenters. The lowest BCUT2D eigenvalue weighted by Gasteiger charge is -2.21. The number of nitriles is 1. The standard InChI is InChI=1S/C18H13ClF3N5/c1-9(12-5-3-4-11(7-23)16(12)18(20,21)22)25-17-13-6-15(19)24-8-14(13)10(2)26-27-17/h3-6,8-9H,1-2H3,(H,25,27)/t9-/m1/s1. The van der Waals surface area contributed by atoms with E-state index in [9.17, 15) is 13.2 Å². The highest BCUT2D eigenvalue weighted by atomic mass is 35.5. The smallest absolute Gasteiger partial charge is 0.362 e. The average Bonchev–Trinajstić information content (AvgIpc) is 2.62. The molecule has 1 aromatic carbocycles. The van der Waals surface area contributed by atoms with Crippen LogP contribution in [-0.4, -0.2) is 15.2 Å². The maximum absolute atomic E-state index is 13.5. The minimum Gasteiger partial charge on any atom is -0.362 e. The largest absolute Gasteiger partial charge is 0.418 e. The lowest BCUT2D eigenvalue weighted by atomic mass is 9.96. The van der Waals surface area contributed by atoms with Crippen LogP contribution in [-0.2, 0) is 6.18 Å². The zero-order chi connectivity index (χ0) is 19.8. The van der Waals surface area contributed by atoms with Gasteiger partial charge in [0.05, 0.1) is 28.9 Å². The molecule has 3 aromatic rings. The van der Waals surface area contributed by atoms with Gasteiger partial charge in [0, 0.05) is 17.0 Å². The van der Waals surface area contributed by atoms with E-state index in [0.717, 1.165) is 6.07 Å². The molecule has 138 valence electrons. The van der Waals surface area contributed by atoms with E-state index in [1.54, 1.807) is 26.0 Å². The molecule has 0 aliphatic heterocycles. The summed E-state index contributed by atoms with van der Waals surface area (Å²) in [6.07, 6.45) is -3.12. The normalized spacial score (nSPS) is 12.6. The number of fused-ring (bicyclic) bond motifs is 1. The molecule has 3 rings (SSSR count). The van der Waals surface area contributed by atoms with Gasteiger partial charge in [-0.1, -0.05) is 23.7 Å². The van der Waals surface area contributed by atoms with Crippen LogP contribution in [0.4, 0.5) is 19.0 Å². The summed E-state index contributed by atoms with van der Waals surface area (Å²) in [4.78, 5) is 4.00. The molecule has 5 nitrogen and oxygen atoms in total. The van der Waals surface area contributed by atoms with Gasteiger partial charge in [-0.15, -0.1) is 5.10 Å². The Morgan fingerprint density at radius 3 is 2.63 bits per heavy atom. The van der Waals surface area contributed by atoms with Gasteiger partial charge in [0.25, 0.3) is 0 Å². The van der Waals surface area contributed by atoms with Crippen LogP contribution in [0.25, 0.3) is 10.8 Å². The summed E-state index contributed by atoms with van der Waals surface area (Å²) in [5, 5.41) is 21.6. The molecular formula is C18H13ClF3N5. The second kappa shape index (κ2) is 7.00. The first kappa shape index (κ1) is 18.9. The van der Waals surface area contributed by atoms with Gasteiger partial charge in [0.1, 0.15) is 5.15 Å². The Morgan fingerprint density at radius 1 is 1.22 bits per heavy atom. The molecule has 0 spiro atoms. The predicted octanol–water partition coefficient (Wildman–Crippen LogP) is 5.05. The molecule has 1 N–H and O–H groups in total. The second-order valence-electron chi connectivity index (χ2n) is 5.93. The molecular weight excluding hydrogens is 379 g/mol. The minimum atomic E-state index is -4.66. The number of halogens is 4. The Balaban J connectivity index is 2.09. The summed E-state index contributed by atoms with van der Waals surface area (Å²) in [5.41, 5.74) is -0.829. The molecule has 1 atom stereocenters. The molecule has 0 fully saturated rings. The van der Waals surface area contributed by atoms with E-state index in [1.165, 1.54) is 18.3 Å². The lowest BCUT2D eigenvalue weighted by molar-refractivity contribution is -0.138. The van der Waals surface area contributed by atoms with Gasteiger partial charge in [0.2, 0.25) is 0 Å². The number of aromatic nitrogens is 3. The van der Waals surface area contributed by atoms with Gasteiger partial charge in [0.15, 0.2) is 5.82 Å². The monoisotopic (exact) mass is 391 g/mol. The third kappa shape index (κ3) is 3.64. The number of alkyl halides is 3. The van der Waals surface area contributed by atoms with Crippen molar-refractivity contribution < 1.29 is 13.2 Å². The quantitative estimate of drug-likeness (QED) is 0.632. The number of rotatable bonds is 3. The highest BCUT2D eigenvalue weighted by molar-refractivity contribution is 6.30. The molecule has 9 heteroatoms. The predicted molar refractivity (Wildman–Crippen MR) is 95.3 cm³/mol. The van der Waals surface area contributed by atoms with Crippen LogP contribution < -0.4 is 5.32 Å². The van der Waals surface area contributed by atoms with Gasteiger partial charge < -0.3 is 5.32 Å². The van der Waals surface area contributed by atoms with E-state index in [-0.39, 0.29) is 16.5 Å². The maximum atomic E-state index is 13.5. The number of pyridine rings is 1. The van der Waals surface area contributed by atoms with Crippen molar-refractivity contribution in [3.8, 4) is 6.07 Å². The van der Waals surface area contributed by atoms with Gasteiger partial charge in [-0.05, 0) is 31.5 Å². The van der Waals surface area contributed by atoms with E-state index in [2.05, 4.69) is 20.5 Å². The highest BCUT2D eigenvalue weighted by Crippen LogP contribution is 2.38. The van der Waals surface area contributed by atoms with Gasteiger partial charge >= 0.3 is 6.18 Å². The number of hydrogen-bond donors (Lipinski definition) is 1. The summed E-state index contributed by atoms with van der Waals surface area (Å²) >= 11 is 5.95. The summed E-state index contributed by atoms with van der Waals surface area (Å²) in [6, 6.07) is 6.28. The van der Waals surface area contributed by atoms with Crippen LogP contribution in [0.2, 0.25) is 5.15 Å². The summed E-state index contributed by atoms with van der Waals surface area (Å²) in [5.74, 6) is 0.280. The second-order valence-corrected chi connectivity index (χ2v) is 6.32. The Labute approximate surface area is 157 Å². The van der Waals surface area contributed by atoms with Crippen LogP contribution in [0.3, 0.4) is 0 Å². The molecule has 2 heterocycles. The SMILES string of the molecule is Cc1nnc(N[C@H](C)c2cccc(C#N)c2C(F)(F)F)c2cc(Cl)ncc12. The molecule has 0 saturated heterocycles. The number of aryl methyl sites for hydroxylation is 1. The Morgan fingerprint density at radius 2 is 1.96 bits per heavy atom. The van der Waals surface area contributed by atoms with Crippen molar-refractivity contribution in [1.29, 1.82) is 5.26 Å². The van der Waals surface area contributed by atoms with E-state index < -0.39 is 23.3 Å². The van der Waals surface area contributed by atoms with Crippen molar-refractivity contribution in [3.63, 3.8) is 0 Å². The Bertz CT molecular complexity index is 1060. The van der Waals surface area contributed by atoms with Crippen LogP contribution in [0.1, 0.15) is 35.3 Å². The number of anilines is 1. The Hall–Kier alpha value is -2.92. The highest BCUT2D eigenvalue weighted by Gasteiger charge is 2.37. The number of benzene rings is 1. The first-order chi connectivity index (χ1) is 12.7. The van der Waals surface area contributed by atoms with E-state index >= 15 is 0 Å². The average molecular weight is 392 g/mol. The van der Waals surface area contributed by atoms with Crippen molar-refractivity contribution >= 4 is 28.2 Å². The zero-order valence-corrected chi connectivity index (χ0v) is 15.0. The van der Waals surface area contributed by atoms with Gasteiger partial charge in [-0.3, -0.25) is 0 Å². The first-order valence-corrected chi connectivity index (χ1v) is 8.25. The van der Waals surface area contributed by atoms with E-state index in [1.807, 2.05) is 0 Å². The fourth-order valence-corrected chi connectivity index (χ4v) is 3.03. The van der Waals surface area contributed by atoms with E-state index in [4.69, 9.17) is 16.9 Å². The molecule has 0 amide bonds. The molecule has 0 saturated carbocycles. The number of nitrogens with one attached hydrogen (secondary N) is 1. The fourth-order valence-electron chi connectivity index (χ4n) is 2.88. The molecule has 27 heavy (non-hydrogen) atoms. The van der Waals surface area contributed by atoms with Crippen molar-refractivity contribution in [2.75, 3.05) is 5.32 Å². The Kier molecular flexibility index (Phi) is 4.89. The number of nitrogens with zero attached hydrogens (tertiary/aromatic N) is 4. The molecule has 0 aliphatic carbocycles. The van der Waals surface area contributed by atoms with Crippen molar-refractivity contribution in [2.24, 2.45) is 0 Å². The van der Waals surface area contributed by atoms with Crippen LogP contribution in [0.5, 0.6) is 0 Å². The lowest BCUT2D eigenvalue weighted by Crippen LogP contribution is -2.18. The minimum absolute atomic E-state index is 0.0581. The van der Waals surface area contributed by atoms with Gasteiger partial charge in [-0.25, -0.2) is 4.98 Å². The zero-order valence-electron chi connectivity index (χ0n) is 14.3. The van der Waals surface area contributed by atoms with Crippen molar-refractivity contribution in [2.45, 2.75) is 26.1 Å². The van der Waals surface area contributed by atoms with Crippen LogP contribution in [0.15, 0.2) is 30.5 Å². The topological polar surface area (TPSA) is 74.5 Å². The first-order valence-electron chi connectivity index (χ1n) is 7.87. The van der Waals surface area contributed by atoms with Crippen LogP contribution in [0, 0.1) is 18.3 Å². The third-order valence-electron chi connectivity index (χ3n) is 4.14. The molecule has 0 radical (unpaired) electrons. The van der Waals surface area contributed by atoms with Crippen molar-refractivity contribution in [3.05, 3.63) is 58.0 Å². The summed E-state index contributed by atoms with van der Waals surface area (Å²) < 4.78 is 40.6.